The largest absolute Gasteiger partial charge is 0.340 e. The van der Waals surface area contributed by atoms with Crippen LogP contribution in [0.25, 0.3) is 10.2 Å². The number of hydrogen-bond donors (Lipinski definition) is 1. The van der Waals surface area contributed by atoms with Crippen molar-refractivity contribution in [2.45, 2.75) is 33.1 Å². The number of nitrogens with zero attached hydrogens (tertiary/aromatic N) is 3. The van der Waals surface area contributed by atoms with E-state index in [0.717, 1.165) is 39.2 Å². The number of aromatic nitrogens is 1. The molecule has 0 bridgehead atoms. The van der Waals surface area contributed by atoms with Gasteiger partial charge in [-0.25, -0.2) is 4.98 Å². The van der Waals surface area contributed by atoms with Crippen LogP contribution in [0.15, 0.2) is 12.1 Å². The first-order chi connectivity index (χ1) is 13.3. The number of amides is 3. The van der Waals surface area contributed by atoms with Gasteiger partial charge in [-0.3, -0.25) is 24.2 Å². The second kappa shape index (κ2) is 8.36. The quantitative estimate of drug-likeness (QED) is 0.698. The van der Waals surface area contributed by atoms with Crippen LogP contribution in [0.4, 0.5) is 5.13 Å². The minimum absolute atomic E-state index is 0.190. The maximum absolute atomic E-state index is 13.0. The summed E-state index contributed by atoms with van der Waals surface area (Å²) in [5.41, 5.74) is 3.17. The molecule has 1 aromatic heterocycles. The SMILES string of the molecule is Cc1ccc2sc(N(CCC[NH+](C)C)C(=O)CN3C(=O)CCC3=O)nc2c1C. The number of imide groups is 1. The number of fused-ring (bicyclic) bond motifs is 1. The number of aryl methyl sites for hydroxylation is 2. The molecule has 0 atom stereocenters. The summed E-state index contributed by atoms with van der Waals surface area (Å²) in [6.07, 6.45) is 1.19. The average Bonchev–Trinajstić information content (AvgIpc) is 3.20. The molecule has 0 spiro atoms. The van der Waals surface area contributed by atoms with Crippen LogP contribution in [-0.4, -0.2) is 61.3 Å². The van der Waals surface area contributed by atoms with E-state index in [0.29, 0.717) is 11.7 Å². The van der Waals surface area contributed by atoms with Gasteiger partial charge in [-0.1, -0.05) is 17.4 Å². The van der Waals surface area contributed by atoms with Crippen LogP contribution < -0.4 is 9.80 Å². The van der Waals surface area contributed by atoms with E-state index >= 15 is 0 Å². The summed E-state index contributed by atoms with van der Waals surface area (Å²) in [4.78, 5) is 45.6. The molecule has 2 aromatic rings. The van der Waals surface area contributed by atoms with Crippen LogP contribution in [-0.2, 0) is 14.4 Å². The van der Waals surface area contributed by atoms with Crippen molar-refractivity contribution >= 4 is 44.4 Å². The lowest BCUT2D eigenvalue weighted by atomic mass is 10.1. The highest BCUT2D eigenvalue weighted by Gasteiger charge is 2.32. The number of thiazole rings is 1. The van der Waals surface area contributed by atoms with E-state index in [-0.39, 0.29) is 37.1 Å². The Bertz CT molecular complexity index is 906. The molecule has 1 saturated heterocycles. The highest BCUT2D eigenvalue weighted by atomic mass is 32.1. The van der Waals surface area contributed by atoms with Crippen LogP contribution in [0.5, 0.6) is 0 Å². The van der Waals surface area contributed by atoms with Crippen molar-refractivity contribution in [1.82, 2.24) is 9.88 Å². The second-order valence-corrected chi connectivity index (χ2v) is 8.59. The van der Waals surface area contributed by atoms with Gasteiger partial charge < -0.3 is 4.90 Å². The number of carbonyl (C=O) groups is 3. The lowest BCUT2D eigenvalue weighted by Gasteiger charge is -2.22. The van der Waals surface area contributed by atoms with Gasteiger partial charge in [0.25, 0.3) is 0 Å². The molecule has 0 saturated carbocycles. The van der Waals surface area contributed by atoms with Gasteiger partial charge in [-0.05, 0) is 31.0 Å². The van der Waals surface area contributed by atoms with Crippen molar-refractivity contribution in [3.8, 4) is 0 Å². The number of benzene rings is 1. The molecule has 1 fully saturated rings. The van der Waals surface area contributed by atoms with Gasteiger partial charge in [0.15, 0.2) is 5.13 Å². The number of anilines is 1. The second-order valence-electron chi connectivity index (χ2n) is 7.58. The average molecular weight is 404 g/mol. The van der Waals surface area contributed by atoms with E-state index in [1.54, 1.807) is 4.90 Å². The summed E-state index contributed by atoms with van der Waals surface area (Å²) in [5, 5.41) is 0.626. The van der Waals surface area contributed by atoms with Crippen LogP contribution in [0.1, 0.15) is 30.4 Å². The maximum Gasteiger partial charge on any atom is 0.248 e. The molecule has 0 radical (unpaired) electrons. The number of likely N-dealkylation sites (tertiary alicyclic amines) is 1. The Morgan fingerprint density at radius 2 is 1.89 bits per heavy atom. The first-order valence-electron chi connectivity index (χ1n) is 9.57. The van der Waals surface area contributed by atoms with E-state index in [9.17, 15) is 14.4 Å². The first-order valence-corrected chi connectivity index (χ1v) is 10.4. The lowest BCUT2D eigenvalue weighted by molar-refractivity contribution is -0.858. The van der Waals surface area contributed by atoms with Crippen molar-refractivity contribution in [2.75, 3.05) is 38.6 Å². The smallest absolute Gasteiger partial charge is 0.248 e. The van der Waals surface area contributed by atoms with E-state index in [1.807, 2.05) is 19.9 Å². The fourth-order valence-corrected chi connectivity index (χ4v) is 4.34. The molecule has 1 aromatic carbocycles. The first kappa shape index (κ1) is 20.4. The third-order valence-electron chi connectivity index (χ3n) is 5.11. The van der Waals surface area contributed by atoms with Crippen molar-refractivity contribution in [2.24, 2.45) is 0 Å². The van der Waals surface area contributed by atoms with Crippen LogP contribution in [0.3, 0.4) is 0 Å². The fraction of sp³-hybridized carbons (Fsp3) is 0.500. The monoisotopic (exact) mass is 403 g/mol. The Balaban J connectivity index is 1.88. The number of quaternary nitrogens is 1. The molecule has 0 unspecified atom stereocenters. The molecule has 3 rings (SSSR count). The summed E-state index contributed by atoms with van der Waals surface area (Å²) >= 11 is 1.47. The number of hydrogen-bond acceptors (Lipinski definition) is 5. The van der Waals surface area contributed by atoms with E-state index in [4.69, 9.17) is 4.98 Å². The summed E-state index contributed by atoms with van der Waals surface area (Å²) < 4.78 is 1.03. The molecular formula is C20H27N4O3S+. The third-order valence-corrected chi connectivity index (χ3v) is 6.16. The van der Waals surface area contributed by atoms with Crippen molar-refractivity contribution < 1.29 is 19.3 Å². The molecular weight excluding hydrogens is 376 g/mol. The maximum atomic E-state index is 13.0. The molecule has 8 heteroatoms. The minimum Gasteiger partial charge on any atom is -0.340 e. The molecule has 1 aliphatic rings. The zero-order chi connectivity index (χ0) is 20.4. The van der Waals surface area contributed by atoms with Crippen molar-refractivity contribution in [1.29, 1.82) is 0 Å². The van der Waals surface area contributed by atoms with Crippen molar-refractivity contribution in [3.63, 3.8) is 0 Å². The summed E-state index contributed by atoms with van der Waals surface area (Å²) in [5.74, 6) is -0.801. The van der Waals surface area contributed by atoms with Crippen molar-refractivity contribution in [3.05, 3.63) is 23.3 Å². The Hall–Kier alpha value is -2.32. The zero-order valence-electron chi connectivity index (χ0n) is 16.9. The highest BCUT2D eigenvalue weighted by Crippen LogP contribution is 2.32. The molecule has 28 heavy (non-hydrogen) atoms. The molecule has 1 aliphatic heterocycles. The van der Waals surface area contributed by atoms with Gasteiger partial charge in [0, 0.05) is 25.8 Å². The summed E-state index contributed by atoms with van der Waals surface area (Å²) in [6.45, 7) is 5.29. The molecule has 1 N–H and O–H groups in total. The van der Waals surface area contributed by atoms with Gasteiger partial charge >= 0.3 is 0 Å². The Morgan fingerprint density at radius 3 is 2.54 bits per heavy atom. The minimum atomic E-state index is -0.271. The Morgan fingerprint density at radius 1 is 1.21 bits per heavy atom. The molecule has 2 heterocycles. The number of carbonyl (C=O) groups excluding carboxylic acids is 3. The van der Waals surface area contributed by atoms with Gasteiger partial charge in [0.1, 0.15) is 6.54 Å². The fourth-order valence-electron chi connectivity index (χ4n) is 3.27. The van der Waals surface area contributed by atoms with E-state index in [1.165, 1.54) is 16.2 Å². The zero-order valence-corrected chi connectivity index (χ0v) is 17.7. The van der Waals surface area contributed by atoms with Crippen LogP contribution >= 0.6 is 11.3 Å². The van der Waals surface area contributed by atoms with Gasteiger partial charge in [-0.2, -0.15) is 0 Å². The predicted octanol–water partition coefficient (Wildman–Crippen LogP) is 0.930. The summed E-state index contributed by atoms with van der Waals surface area (Å²) in [6, 6.07) is 4.09. The summed E-state index contributed by atoms with van der Waals surface area (Å²) in [7, 11) is 4.13. The number of nitrogens with one attached hydrogen (secondary N) is 1. The van der Waals surface area contributed by atoms with Gasteiger partial charge in [-0.15, -0.1) is 0 Å². The van der Waals surface area contributed by atoms with Gasteiger partial charge in [0.2, 0.25) is 17.7 Å². The molecule has 0 aliphatic carbocycles. The van der Waals surface area contributed by atoms with Crippen LogP contribution in [0.2, 0.25) is 0 Å². The predicted molar refractivity (Wildman–Crippen MR) is 110 cm³/mol. The molecule has 7 nitrogen and oxygen atoms in total. The molecule has 3 amide bonds. The van der Waals surface area contributed by atoms with E-state index in [2.05, 4.69) is 20.2 Å². The topological polar surface area (TPSA) is 75.0 Å². The van der Waals surface area contributed by atoms with E-state index < -0.39 is 0 Å². The normalized spacial score (nSPS) is 14.5. The van der Waals surface area contributed by atoms with Gasteiger partial charge in [0.05, 0.1) is 30.9 Å². The molecule has 150 valence electrons. The van der Waals surface area contributed by atoms with Crippen LogP contribution in [0, 0.1) is 13.8 Å². The third kappa shape index (κ3) is 4.23. The standard InChI is InChI=1S/C20H26N4O3S/c1-13-6-7-15-19(14(13)2)21-20(28-15)23(11-5-10-22(3)4)18(27)12-24-16(25)8-9-17(24)26/h6-7H,5,8-12H2,1-4H3/p+1. The highest BCUT2D eigenvalue weighted by molar-refractivity contribution is 7.22. The number of rotatable bonds is 7. The Labute approximate surface area is 168 Å². The Kier molecular flexibility index (Phi) is 6.10. The lowest BCUT2D eigenvalue weighted by Crippen LogP contribution is -3.05.